The second kappa shape index (κ2) is 10.5. The maximum atomic E-state index is 2.73. The number of likely N-dealkylation sites (tertiary alicyclic amines) is 1. The lowest BCUT2D eigenvalue weighted by molar-refractivity contribution is 0.399. The summed E-state index contributed by atoms with van der Waals surface area (Å²) < 4.78 is 0. The normalized spacial score (nSPS) is 16.6. The predicted octanol–water partition coefficient (Wildman–Crippen LogP) is 5.28. The SMILES string of the molecule is c1ccc(P(CN2CC[C@H](P(c3ccccc3)c3ccccc3)C2)c2ccccc2)cc1. The minimum absolute atomic E-state index is 0.347. The molecule has 0 amide bonds. The molecule has 0 N–H and O–H groups in total. The minimum atomic E-state index is -0.376. The summed E-state index contributed by atoms with van der Waals surface area (Å²) in [6.45, 7) is 2.38. The van der Waals surface area contributed by atoms with Crippen LogP contribution in [0, 0.1) is 0 Å². The molecule has 1 aliphatic rings. The summed E-state index contributed by atoms with van der Waals surface area (Å²) >= 11 is 0. The number of nitrogens with zero attached hydrogens (tertiary/aromatic N) is 1. The molecule has 1 saturated heterocycles. The zero-order valence-corrected chi connectivity index (χ0v) is 20.1. The van der Waals surface area contributed by atoms with Crippen molar-refractivity contribution >= 4 is 37.1 Å². The monoisotopic (exact) mass is 453 g/mol. The molecule has 1 fully saturated rings. The van der Waals surface area contributed by atoms with Crippen LogP contribution in [0.2, 0.25) is 0 Å². The minimum Gasteiger partial charge on any atom is -0.298 e. The van der Waals surface area contributed by atoms with Crippen molar-refractivity contribution in [2.24, 2.45) is 0 Å². The second-order valence-corrected chi connectivity index (χ2v) is 13.0. The molecular weight excluding hydrogens is 424 g/mol. The Morgan fingerprint density at radius 1 is 0.562 bits per heavy atom. The van der Waals surface area contributed by atoms with E-state index in [1.54, 1.807) is 0 Å². The number of rotatable bonds is 7. The quantitative estimate of drug-likeness (QED) is 0.344. The van der Waals surface area contributed by atoms with E-state index >= 15 is 0 Å². The van der Waals surface area contributed by atoms with Crippen LogP contribution in [0.15, 0.2) is 121 Å². The summed E-state index contributed by atoms with van der Waals surface area (Å²) in [4.78, 5) is 2.73. The molecule has 1 heterocycles. The van der Waals surface area contributed by atoms with Gasteiger partial charge >= 0.3 is 0 Å². The van der Waals surface area contributed by atoms with Gasteiger partial charge in [-0.15, -0.1) is 0 Å². The summed E-state index contributed by atoms with van der Waals surface area (Å²) in [5.41, 5.74) is 0.707. The largest absolute Gasteiger partial charge is 0.298 e. The first-order valence-corrected chi connectivity index (χ1v) is 14.3. The van der Waals surface area contributed by atoms with Gasteiger partial charge in [-0.25, -0.2) is 0 Å². The van der Waals surface area contributed by atoms with Crippen molar-refractivity contribution in [3.63, 3.8) is 0 Å². The number of hydrogen-bond donors (Lipinski definition) is 0. The zero-order chi connectivity index (χ0) is 21.6. The van der Waals surface area contributed by atoms with Crippen molar-refractivity contribution in [1.29, 1.82) is 0 Å². The van der Waals surface area contributed by atoms with Crippen LogP contribution in [0.25, 0.3) is 0 Å². The van der Waals surface area contributed by atoms with Gasteiger partial charge in [-0.3, -0.25) is 4.90 Å². The van der Waals surface area contributed by atoms with E-state index in [-0.39, 0.29) is 15.8 Å². The van der Waals surface area contributed by atoms with Crippen molar-refractivity contribution in [2.75, 3.05) is 19.4 Å². The Morgan fingerprint density at radius 2 is 0.969 bits per heavy atom. The Kier molecular flexibility index (Phi) is 7.10. The van der Waals surface area contributed by atoms with Gasteiger partial charge in [0.05, 0.1) is 0 Å². The Bertz CT molecular complexity index is 1010. The molecule has 5 rings (SSSR count). The van der Waals surface area contributed by atoms with Gasteiger partial charge in [0.25, 0.3) is 0 Å². The summed E-state index contributed by atoms with van der Waals surface area (Å²) in [5, 5.41) is 5.97. The van der Waals surface area contributed by atoms with Gasteiger partial charge in [-0.1, -0.05) is 121 Å². The first-order chi connectivity index (χ1) is 15.9. The van der Waals surface area contributed by atoms with Crippen LogP contribution >= 0.6 is 15.8 Å². The Hall–Kier alpha value is -2.30. The van der Waals surface area contributed by atoms with E-state index in [0.29, 0.717) is 5.66 Å². The molecule has 1 aliphatic heterocycles. The molecule has 0 bridgehead atoms. The highest BCUT2D eigenvalue weighted by atomic mass is 31.1. The molecule has 160 valence electrons. The summed E-state index contributed by atoms with van der Waals surface area (Å²) in [5.74, 6) is 0. The van der Waals surface area contributed by atoms with E-state index in [2.05, 4.69) is 126 Å². The molecule has 3 heteroatoms. The lowest BCUT2D eigenvalue weighted by Crippen LogP contribution is -2.29. The summed E-state index contributed by atoms with van der Waals surface area (Å²) in [6.07, 6.45) is 2.43. The number of hydrogen-bond acceptors (Lipinski definition) is 1. The van der Waals surface area contributed by atoms with Gasteiger partial charge < -0.3 is 0 Å². The topological polar surface area (TPSA) is 3.24 Å². The van der Waals surface area contributed by atoms with E-state index < -0.39 is 0 Å². The van der Waals surface area contributed by atoms with Crippen LogP contribution in [0.3, 0.4) is 0 Å². The van der Waals surface area contributed by atoms with Crippen LogP contribution in [0.4, 0.5) is 0 Å². The van der Waals surface area contributed by atoms with E-state index in [0.717, 1.165) is 6.29 Å². The number of benzene rings is 4. The van der Waals surface area contributed by atoms with Crippen molar-refractivity contribution < 1.29 is 0 Å². The summed E-state index contributed by atoms with van der Waals surface area (Å²) in [7, 11) is -0.722. The van der Waals surface area contributed by atoms with Gasteiger partial charge in [0.1, 0.15) is 0 Å². The lowest BCUT2D eigenvalue weighted by Gasteiger charge is -2.28. The average Bonchev–Trinajstić information content (AvgIpc) is 3.33. The fraction of sp³-hybridized carbons (Fsp3) is 0.172. The standard InChI is InChI=1S/C29H29NP2/c1-5-13-25(14-6-1)31(26-15-7-2-8-16-26)24-30-22-21-29(23-30)32(27-17-9-3-10-18-27)28-19-11-4-12-20-28/h1-20,29H,21-24H2/t29-/m0/s1. The van der Waals surface area contributed by atoms with Gasteiger partial charge in [0.15, 0.2) is 0 Å². The van der Waals surface area contributed by atoms with E-state index in [1.165, 1.54) is 40.7 Å². The highest BCUT2D eigenvalue weighted by molar-refractivity contribution is 7.74. The molecule has 0 aliphatic carbocycles. The zero-order valence-electron chi connectivity index (χ0n) is 18.3. The van der Waals surface area contributed by atoms with Crippen LogP contribution in [0.1, 0.15) is 6.42 Å². The highest BCUT2D eigenvalue weighted by Crippen LogP contribution is 2.45. The molecule has 0 spiro atoms. The molecule has 1 nitrogen and oxygen atoms in total. The average molecular weight is 454 g/mol. The van der Waals surface area contributed by atoms with E-state index in [9.17, 15) is 0 Å². The molecule has 4 aromatic rings. The molecule has 4 aromatic carbocycles. The third-order valence-corrected chi connectivity index (χ3v) is 11.5. The van der Waals surface area contributed by atoms with Crippen molar-refractivity contribution in [1.82, 2.24) is 4.90 Å². The van der Waals surface area contributed by atoms with Crippen molar-refractivity contribution in [2.45, 2.75) is 12.1 Å². The molecule has 0 saturated carbocycles. The first-order valence-electron chi connectivity index (χ1n) is 11.4. The molecule has 0 aromatic heterocycles. The maximum Gasteiger partial charge on any atom is 0.0265 e. The van der Waals surface area contributed by atoms with Crippen LogP contribution in [0.5, 0.6) is 0 Å². The smallest absolute Gasteiger partial charge is 0.0265 e. The second-order valence-electron chi connectivity index (χ2n) is 8.30. The Morgan fingerprint density at radius 3 is 1.41 bits per heavy atom. The molecule has 0 radical (unpaired) electrons. The predicted molar refractivity (Wildman–Crippen MR) is 143 cm³/mol. The van der Waals surface area contributed by atoms with Crippen LogP contribution in [-0.2, 0) is 0 Å². The maximum absolute atomic E-state index is 2.73. The fourth-order valence-electron chi connectivity index (χ4n) is 4.63. The van der Waals surface area contributed by atoms with Gasteiger partial charge in [0.2, 0.25) is 0 Å². The molecule has 0 unspecified atom stereocenters. The van der Waals surface area contributed by atoms with Gasteiger partial charge in [-0.05, 0) is 50.0 Å². The van der Waals surface area contributed by atoms with E-state index in [4.69, 9.17) is 0 Å². The third-order valence-electron chi connectivity index (χ3n) is 6.16. The Balaban J connectivity index is 1.38. The molecule has 32 heavy (non-hydrogen) atoms. The van der Waals surface area contributed by atoms with Crippen molar-refractivity contribution in [3.05, 3.63) is 121 Å². The fourth-order valence-corrected chi connectivity index (χ4v) is 9.87. The van der Waals surface area contributed by atoms with E-state index in [1.807, 2.05) is 0 Å². The van der Waals surface area contributed by atoms with Crippen molar-refractivity contribution in [3.8, 4) is 0 Å². The van der Waals surface area contributed by atoms with Crippen LogP contribution < -0.4 is 21.2 Å². The van der Waals surface area contributed by atoms with Gasteiger partial charge in [0, 0.05) is 18.5 Å². The third kappa shape index (κ3) is 5.02. The van der Waals surface area contributed by atoms with Crippen LogP contribution in [-0.4, -0.2) is 29.9 Å². The summed E-state index contributed by atoms with van der Waals surface area (Å²) in [6, 6.07) is 44.6. The molecule has 1 atom stereocenters. The molecular formula is C29H29NP2. The lowest BCUT2D eigenvalue weighted by atomic mass is 10.3. The Labute approximate surface area is 194 Å². The first kappa shape index (κ1) is 21.5. The van der Waals surface area contributed by atoms with Gasteiger partial charge in [-0.2, -0.15) is 0 Å². The highest BCUT2D eigenvalue weighted by Gasteiger charge is 2.32.